The van der Waals surface area contributed by atoms with Crippen LogP contribution in [0.5, 0.6) is 0 Å². The molecule has 19 heavy (non-hydrogen) atoms. The van der Waals surface area contributed by atoms with Crippen molar-refractivity contribution in [2.75, 3.05) is 0 Å². The first-order valence-electron chi connectivity index (χ1n) is 7.33. The highest BCUT2D eigenvalue weighted by Gasteiger charge is 2.29. The van der Waals surface area contributed by atoms with Gasteiger partial charge in [-0.05, 0) is 46.0 Å². The Bertz CT molecular complexity index is 314. The van der Waals surface area contributed by atoms with Crippen LogP contribution in [0.15, 0.2) is 0 Å². The Hall–Kier alpha value is -1.06. The summed E-state index contributed by atoms with van der Waals surface area (Å²) in [6.07, 6.45) is 6.24. The van der Waals surface area contributed by atoms with E-state index in [0.717, 1.165) is 25.7 Å². The van der Waals surface area contributed by atoms with E-state index in [1.807, 2.05) is 20.8 Å². The van der Waals surface area contributed by atoms with E-state index in [9.17, 15) is 14.7 Å². The molecule has 1 aliphatic carbocycles. The minimum Gasteiger partial charge on any atom is -0.481 e. The third kappa shape index (κ3) is 6.08. The molecule has 0 aromatic heterocycles. The van der Waals surface area contributed by atoms with Gasteiger partial charge < -0.3 is 10.4 Å². The van der Waals surface area contributed by atoms with Gasteiger partial charge in [0.15, 0.2) is 0 Å². The minimum absolute atomic E-state index is 0.0467. The average Bonchev–Trinajstić information content (AvgIpc) is 2.27. The van der Waals surface area contributed by atoms with Gasteiger partial charge in [0, 0.05) is 12.0 Å². The Morgan fingerprint density at radius 3 is 2.26 bits per heavy atom. The standard InChI is InChI=1S/C15H27NO3/c1-15(2,3)16-13(17)10-9-12(14(18)19)11-7-5-4-6-8-11/h11-12H,4-10H2,1-3H3,(H,16,17)(H,18,19). The Labute approximate surface area is 116 Å². The van der Waals surface area contributed by atoms with Crippen molar-refractivity contribution < 1.29 is 14.7 Å². The van der Waals surface area contributed by atoms with E-state index < -0.39 is 5.97 Å². The lowest BCUT2D eigenvalue weighted by atomic mass is 9.78. The van der Waals surface area contributed by atoms with Gasteiger partial charge in [-0.15, -0.1) is 0 Å². The number of nitrogens with one attached hydrogen (secondary N) is 1. The number of hydrogen-bond acceptors (Lipinski definition) is 2. The molecule has 110 valence electrons. The highest BCUT2D eigenvalue weighted by atomic mass is 16.4. The third-order valence-electron chi connectivity index (χ3n) is 3.73. The predicted molar refractivity (Wildman–Crippen MR) is 74.8 cm³/mol. The second-order valence-electron chi connectivity index (χ2n) is 6.68. The molecule has 0 saturated heterocycles. The summed E-state index contributed by atoms with van der Waals surface area (Å²) < 4.78 is 0. The van der Waals surface area contributed by atoms with Gasteiger partial charge in [-0.25, -0.2) is 0 Å². The van der Waals surface area contributed by atoms with Crippen LogP contribution >= 0.6 is 0 Å². The zero-order valence-electron chi connectivity index (χ0n) is 12.4. The first kappa shape index (κ1) is 16.0. The van der Waals surface area contributed by atoms with Crippen molar-refractivity contribution >= 4 is 11.9 Å². The van der Waals surface area contributed by atoms with Crippen molar-refractivity contribution in [2.24, 2.45) is 11.8 Å². The second kappa shape index (κ2) is 6.92. The Morgan fingerprint density at radius 2 is 1.79 bits per heavy atom. The molecule has 0 aromatic carbocycles. The molecule has 1 amide bonds. The Morgan fingerprint density at radius 1 is 1.21 bits per heavy atom. The lowest BCUT2D eigenvalue weighted by molar-refractivity contribution is -0.144. The number of hydrogen-bond donors (Lipinski definition) is 2. The topological polar surface area (TPSA) is 66.4 Å². The van der Waals surface area contributed by atoms with Crippen molar-refractivity contribution in [1.82, 2.24) is 5.32 Å². The van der Waals surface area contributed by atoms with Gasteiger partial charge in [0.2, 0.25) is 5.91 Å². The zero-order valence-corrected chi connectivity index (χ0v) is 12.4. The van der Waals surface area contributed by atoms with Crippen LogP contribution in [0.3, 0.4) is 0 Å². The number of carboxylic acid groups (broad SMARTS) is 1. The van der Waals surface area contributed by atoms with E-state index in [1.165, 1.54) is 6.42 Å². The maximum atomic E-state index is 11.8. The van der Waals surface area contributed by atoms with Crippen LogP contribution < -0.4 is 5.32 Å². The lowest BCUT2D eigenvalue weighted by Crippen LogP contribution is -2.41. The van der Waals surface area contributed by atoms with Crippen LogP contribution in [0.2, 0.25) is 0 Å². The molecule has 1 unspecified atom stereocenters. The van der Waals surface area contributed by atoms with Gasteiger partial charge in [-0.2, -0.15) is 0 Å². The molecular formula is C15H27NO3. The van der Waals surface area contributed by atoms with Crippen LogP contribution in [0.4, 0.5) is 0 Å². The Kier molecular flexibility index (Phi) is 5.83. The van der Waals surface area contributed by atoms with E-state index in [0.29, 0.717) is 12.8 Å². The van der Waals surface area contributed by atoms with E-state index in [1.54, 1.807) is 0 Å². The molecule has 2 N–H and O–H groups in total. The normalized spacial score (nSPS) is 18.9. The molecule has 1 fully saturated rings. The van der Waals surface area contributed by atoms with Gasteiger partial charge in [0.05, 0.1) is 5.92 Å². The molecule has 1 atom stereocenters. The van der Waals surface area contributed by atoms with Crippen molar-refractivity contribution in [3.05, 3.63) is 0 Å². The number of rotatable bonds is 5. The summed E-state index contributed by atoms with van der Waals surface area (Å²) in [6, 6.07) is 0. The molecule has 0 spiro atoms. The van der Waals surface area contributed by atoms with Crippen LogP contribution in [0, 0.1) is 11.8 Å². The number of carbonyl (C=O) groups is 2. The number of carboxylic acids is 1. The van der Waals surface area contributed by atoms with Crippen LogP contribution in [0.25, 0.3) is 0 Å². The zero-order chi connectivity index (χ0) is 14.5. The number of aliphatic carboxylic acids is 1. The van der Waals surface area contributed by atoms with E-state index >= 15 is 0 Å². The molecular weight excluding hydrogens is 242 g/mol. The first-order chi connectivity index (χ1) is 8.79. The smallest absolute Gasteiger partial charge is 0.306 e. The fraction of sp³-hybridized carbons (Fsp3) is 0.867. The van der Waals surface area contributed by atoms with E-state index in [-0.39, 0.29) is 23.3 Å². The largest absolute Gasteiger partial charge is 0.481 e. The minimum atomic E-state index is -0.740. The third-order valence-corrected chi connectivity index (χ3v) is 3.73. The summed E-state index contributed by atoms with van der Waals surface area (Å²) in [6.45, 7) is 5.79. The van der Waals surface area contributed by atoms with Gasteiger partial charge in [-0.1, -0.05) is 19.3 Å². The van der Waals surface area contributed by atoms with Crippen LogP contribution in [0.1, 0.15) is 65.7 Å². The number of carbonyl (C=O) groups excluding carboxylic acids is 1. The van der Waals surface area contributed by atoms with Gasteiger partial charge in [0.1, 0.15) is 0 Å². The fourth-order valence-electron chi connectivity index (χ4n) is 2.86. The molecule has 1 rings (SSSR count). The van der Waals surface area contributed by atoms with Crippen molar-refractivity contribution in [1.29, 1.82) is 0 Å². The second-order valence-corrected chi connectivity index (χ2v) is 6.68. The molecule has 0 bridgehead atoms. The molecule has 1 saturated carbocycles. The van der Waals surface area contributed by atoms with E-state index in [2.05, 4.69) is 5.32 Å². The quantitative estimate of drug-likeness (QED) is 0.806. The van der Waals surface area contributed by atoms with Gasteiger partial charge in [0.25, 0.3) is 0 Å². The maximum absolute atomic E-state index is 11.8. The Balaban J connectivity index is 2.45. The molecule has 0 aliphatic heterocycles. The molecule has 0 heterocycles. The average molecular weight is 269 g/mol. The monoisotopic (exact) mass is 269 g/mol. The van der Waals surface area contributed by atoms with E-state index in [4.69, 9.17) is 0 Å². The van der Waals surface area contributed by atoms with Crippen molar-refractivity contribution in [3.8, 4) is 0 Å². The summed E-state index contributed by atoms with van der Waals surface area (Å²) >= 11 is 0. The maximum Gasteiger partial charge on any atom is 0.306 e. The van der Waals surface area contributed by atoms with Crippen LogP contribution in [-0.2, 0) is 9.59 Å². The molecule has 0 aromatic rings. The predicted octanol–water partition coefficient (Wildman–Crippen LogP) is 2.96. The first-order valence-corrected chi connectivity index (χ1v) is 7.33. The summed E-state index contributed by atoms with van der Waals surface area (Å²) in [7, 11) is 0. The summed E-state index contributed by atoms with van der Waals surface area (Å²) in [4.78, 5) is 23.1. The summed E-state index contributed by atoms with van der Waals surface area (Å²) in [5.41, 5.74) is -0.249. The highest BCUT2D eigenvalue weighted by molar-refractivity contribution is 5.78. The SMILES string of the molecule is CC(C)(C)NC(=O)CCC(C(=O)O)C1CCCCC1. The van der Waals surface area contributed by atoms with Gasteiger partial charge in [-0.3, -0.25) is 9.59 Å². The summed E-state index contributed by atoms with van der Waals surface area (Å²) in [5, 5.41) is 12.2. The fourth-order valence-corrected chi connectivity index (χ4v) is 2.86. The summed E-state index contributed by atoms with van der Waals surface area (Å²) in [5.74, 6) is -0.885. The molecule has 4 heteroatoms. The van der Waals surface area contributed by atoms with Crippen LogP contribution in [-0.4, -0.2) is 22.5 Å². The van der Waals surface area contributed by atoms with Crippen molar-refractivity contribution in [3.63, 3.8) is 0 Å². The lowest BCUT2D eigenvalue weighted by Gasteiger charge is -2.28. The van der Waals surface area contributed by atoms with Crippen molar-refractivity contribution in [2.45, 2.75) is 71.3 Å². The molecule has 0 radical (unpaired) electrons. The molecule has 4 nitrogen and oxygen atoms in total. The van der Waals surface area contributed by atoms with Gasteiger partial charge >= 0.3 is 5.97 Å². The number of amides is 1. The highest BCUT2D eigenvalue weighted by Crippen LogP contribution is 2.32. The molecule has 1 aliphatic rings.